The van der Waals surface area contributed by atoms with Gasteiger partial charge < -0.3 is 15.7 Å². The van der Waals surface area contributed by atoms with Crippen molar-refractivity contribution < 1.29 is 5.11 Å². The number of rotatable bonds is 7. The molecule has 0 saturated heterocycles. The lowest BCUT2D eigenvalue weighted by Gasteiger charge is -2.09. The minimum Gasteiger partial charge on any atom is -0.396 e. The number of nitrogens with one attached hydrogen (secondary N) is 2. The Morgan fingerprint density at radius 2 is 2.00 bits per heavy atom. The van der Waals surface area contributed by atoms with Crippen LogP contribution >= 0.6 is 0 Å². The van der Waals surface area contributed by atoms with Crippen LogP contribution in [0, 0.1) is 0 Å². The van der Waals surface area contributed by atoms with Crippen molar-refractivity contribution in [2.75, 3.05) is 30.3 Å². The summed E-state index contributed by atoms with van der Waals surface area (Å²) in [5.74, 6) is 3.23. The van der Waals surface area contributed by atoms with Gasteiger partial charge in [-0.05, 0) is 26.2 Å². The number of aliphatic hydroxyl groups is 1. The maximum atomic E-state index is 8.75. The van der Waals surface area contributed by atoms with Crippen LogP contribution in [0.1, 0.15) is 37.9 Å². The molecule has 5 heteroatoms. The van der Waals surface area contributed by atoms with Crippen LogP contribution in [0.4, 0.5) is 11.6 Å². The zero-order valence-corrected chi connectivity index (χ0v) is 10.2. The molecule has 3 N–H and O–H groups in total. The fraction of sp³-hybridized carbons (Fsp3) is 0.667. The summed E-state index contributed by atoms with van der Waals surface area (Å²) in [6.07, 6.45) is 3.14. The van der Waals surface area contributed by atoms with Gasteiger partial charge >= 0.3 is 0 Å². The van der Waals surface area contributed by atoms with Crippen LogP contribution in [0.2, 0.25) is 0 Å². The summed E-state index contributed by atoms with van der Waals surface area (Å²) in [6.45, 7) is 3.85. The van der Waals surface area contributed by atoms with E-state index in [9.17, 15) is 0 Å². The van der Waals surface area contributed by atoms with Gasteiger partial charge in [0.15, 0.2) is 0 Å². The molecule has 1 heterocycles. The highest BCUT2D eigenvalue weighted by Gasteiger charge is 2.27. The predicted octanol–water partition coefficient (Wildman–Crippen LogP) is 1.58. The lowest BCUT2D eigenvalue weighted by atomic mass is 10.3. The molecule has 0 unspecified atom stereocenters. The van der Waals surface area contributed by atoms with Crippen molar-refractivity contribution in [3.8, 4) is 0 Å². The van der Waals surface area contributed by atoms with Gasteiger partial charge in [-0.2, -0.15) is 0 Å². The van der Waals surface area contributed by atoms with Gasteiger partial charge in [0, 0.05) is 31.7 Å². The van der Waals surface area contributed by atoms with Gasteiger partial charge in [-0.25, -0.2) is 9.97 Å². The highest BCUT2D eigenvalue weighted by molar-refractivity contribution is 5.48. The first-order chi connectivity index (χ1) is 8.33. The van der Waals surface area contributed by atoms with Crippen molar-refractivity contribution in [2.45, 2.75) is 32.1 Å². The minimum absolute atomic E-state index is 0.202. The third kappa shape index (κ3) is 3.56. The highest BCUT2D eigenvalue weighted by Crippen LogP contribution is 2.38. The number of anilines is 2. The molecule has 0 spiro atoms. The Hall–Kier alpha value is -1.36. The number of aromatic nitrogens is 2. The predicted molar refractivity (Wildman–Crippen MR) is 68.4 cm³/mol. The summed E-state index contributed by atoms with van der Waals surface area (Å²) < 4.78 is 0. The molecule has 1 saturated carbocycles. The van der Waals surface area contributed by atoms with E-state index in [4.69, 9.17) is 5.11 Å². The molecule has 1 fully saturated rings. The standard InChI is InChI=1S/C12H20N4O/c1-2-13-10-8-11(14-6-3-7-17)16-12(15-10)9-4-5-9/h8-9,17H,2-7H2,1H3,(H2,13,14,15,16). The van der Waals surface area contributed by atoms with Crippen LogP contribution in [-0.4, -0.2) is 34.8 Å². The SMILES string of the molecule is CCNc1cc(NCCCO)nc(C2CC2)n1. The normalized spacial score (nSPS) is 14.7. The first kappa shape index (κ1) is 12.1. The molecular weight excluding hydrogens is 216 g/mol. The van der Waals surface area contributed by atoms with Gasteiger partial charge in [0.05, 0.1) is 0 Å². The first-order valence-corrected chi connectivity index (χ1v) is 6.31. The molecule has 0 bridgehead atoms. The molecule has 5 nitrogen and oxygen atoms in total. The van der Waals surface area contributed by atoms with Gasteiger partial charge in [-0.1, -0.05) is 0 Å². The average Bonchev–Trinajstić information content (AvgIpc) is 3.13. The Labute approximate surface area is 102 Å². The van der Waals surface area contributed by atoms with E-state index in [2.05, 4.69) is 27.5 Å². The Bertz CT molecular complexity index is 366. The van der Waals surface area contributed by atoms with E-state index in [1.54, 1.807) is 0 Å². The van der Waals surface area contributed by atoms with E-state index in [0.29, 0.717) is 5.92 Å². The number of hydrogen-bond acceptors (Lipinski definition) is 5. The summed E-state index contributed by atoms with van der Waals surface area (Å²) in [6, 6.07) is 1.92. The van der Waals surface area contributed by atoms with Crippen molar-refractivity contribution in [1.29, 1.82) is 0 Å². The molecule has 1 aromatic heterocycles. The molecule has 0 aliphatic heterocycles. The molecule has 94 valence electrons. The molecule has 0 aromatic carbocycles. The largest absolute Gasteiger partial charge is 0.396 e. The zero-order chi connectivity index (χ0) is 12.1. The summed E-state index contributed by atoms with van der Waals surface area (Å²) in [5.41, 5.74) is 0. The van der Waals surface area contributed by atoms with Gasteiger partial charge in [-0.15, -0.1) is 0 Å². The van der Waals surface area contributed by atoms with Gasteiger partial charge in [0.1, 0.15) is 17.5 Å². The van der Waals surface area contributed by atoms with Crippen LogP contribution in [0.25, 0.3) is 0 Å². The van der Waals surface area contributed by atoms with Crippen LogP contribution in [0.5, 0.6) is 0 Å². The lowest BCUT2D eigenvalue weighted by molar-refractivity contribution is 0.292. The molecule has 2 rings (SSSR count). The molecule has 1 aromatic rings. The van der Waals surface area contributed by atoms with Crippen LogP contribution in [-0.2, 0) is 0 Å². The molecule has 0 amide bonds. The Morgan fingerprint density at radius 1 is 1.29 bits per heavy atom. The van der Waals surface area contributed by atoms with Gasteiger partial charge in [0.25, 0.3) is 0 Å². The lowest BCUT2D eigenvalue weighted by Crippen LogP contribution is -2.09. The monoisotopic (exact) mass is 236 g/mol. The quantitative estimate of drug-likeness (QED) is 0.627. The summed E-state index contributed by atoms with van der Waals surface area (Å²) in [7, 11) is 0. The first-order valence-electron chi connectivity index (χ1n) is 6.31. The average molecular weight is 236 g/mol. The van der Waals surface area contributed by atoms with Crippen LogP contribution < -0.4 is 10.6 Å². The van der Waals surface area contributed by atoms with Gasteiger partial charge in [0.2, 0.25) is 0 Å². The summed E-state index contributed by atoms with van der Waals surface area (Å²) in [4.78, 5) is 9.01. The Kier molecular flexibility index (Phi) is 4.14. The molecular formula is C12H20N4O. The maximum absolute atomic E-state index is 8.75. The van der Waals surface area contributed by atoms with Crippen molar-refractivity contribution in [2.24, 2.45) is 0 Å². The second-order valence-electron chi connectivity index (χ2n) is 4.31. The van der Waals surface area contributed by atoms with Crippen molar-refractivity contribution in [3.05, 3.63) is 11.9 Å². The number of nitrogens with zero attached hydrogens (tertiary/aromatic N) is 2. The zero-order valence-electron chi connectivity index (χ0n) is 10.2. The molecule has 17 heavy (non-hydrogen) atoms. The summed E-state index contributed by atoms with van der Waals surface area (Å²) >= 11 is 0. The Morgan fingerprint density at radius 3 is 2.59 bits per heavy atom. The van der Waals surface area contributed by atoms with Crippen molar-refractivity contribution in [1.82, 2.24) is 9.97 Å². The second-order valence-corrected chi connectivity index (χ2v) is 4.31. The highest BCUT2D eigenvalue weighted by atomic mass is 16.3. The third-order valence-electron chi connectivity index (χ3n) is 2.68. The topological polar surface area (TPSA) is 70.1 Å². The molecule has 1 aliphatic rings. The number of aliphatic hydroxyl groups excluding tert-OH is 1. The Balaban J connectivity index is 2.06. The van der Waals surface area contributed by atoms with E-state index in [-0.39, 0.29) is 6.61 Å². The number of hydrogen-bond donors (Lipinski definition) is 3. The van der Waals surface area contributed by atoms with E-state index >= 15 is 0 Å². The van der Waals surface area contributed by atoms with E-state index in [0.717, 1.165) is 37.0 Å². The van der Waals surface area contributed by atoms with Crippen molar-refractivity contribution in [3.63, 3.8) is 0 Å². The second kappa shape index (κ2) is 5.82. The molecule has 0 radical (unpaired) electrons. The fourth-order valence-corrected chi connectivity index (χ4v) is 1.65. The third-order valence-corrected chi connectivity index (χ3v) is 2.68. The van der Waals surface area contributed by atoms with E-state index in [1.165, 1.54) is 12.8 Å². The smallest absolute Gasteiger partial charge is 0.136 e. The molecule has 0 atom stereocenters. The van der Waals surface area contributed by atoms with Gasteiger partial charge in [-0.3, -0.25) is 0 Å². The van der Waals surface area contributed by atoms with E-state index in [1.807, 2.05) is 6.07 Å². The molecule has 1 aliphatic carbocycles. The summed E-state index contributed by atoms with van der Waals surface area (Å²) in [5, 5.41) is 15.2. The minimum atomic E-state index is 0.202. The maximum Gasteiger partial charge on any atom is 0.136 e. The fourth-order valence-electron chi connectivity index (χ4n) is 1.65. The van der Waals surface area contributed by atoms with Crippen LogP contribution in [0.15, 0.2) is 6.07 Å². The van der Waals surface area contributed by atoms with Crippen molar-refractivity contribution >= 4 is 11.6 Å². The van der Waals surface area contributed by atoms with Crippen LogP contribution in [0.3, 0.4) is 0 Å². The van der Waals surface area contributed by atoms with E-state index < -0.39 is 0 Å².